The Morgan fingerprint density at radius 2 is 1.89 bits per heavy atom. The zero-order valence-corrected chi connectivity index (χ0v) is 11.1. The lowest BCUT2D eigenvalue weighted by atomic mass is 10.1. The number of hydrogen-bond acceptors (Lipinski definition) is 2. The summed E-state index contributed by atoms with van der Waals surface area (Å²) in [5.74, 6) is 0.863. The van der Waals surface area contributed by atoms with Crippen LogP contribution in [0.4, 0.5) is 0 Å². The van der Waals surface area contributed by atoms with Crippen LogP contribution in [-0.4, -0.2) is 9.78 Å². The summed E-state index contributed by atoms with van der Waals surface area (Å²) in [6.45, 7) is 1.67. The Kier molecular flexibility index (Phi) is 4.04. The average molecular weight is 264 g/mol. The van der Waals surface area contributed by atoms with Gasteiger partial charge in [-0.05, 0) is 29.9 Å². The summed E-state index contributed by atoms with van der Waals surface area (Å²) in [5.41, 5.74) is 9.16. The molecule has 0 bridgehead atoms. The zero-order chi connectivity index (χ0) is 11.7. The summed E-state index contributed by atoms with van der Waals surface area (Å²) in [5, 5.41) is 4.41. The monoisotopic (exact) mass is 263 g/mol. The summed E-state index contributed by atoms with van der Waals surface area (Å²) in [6.07, 6.45) is 6.80. The minimum absolute atomic E-state index is 0. The maximum atomic E-state index is 5.59. The number of nitrogens with two attached hydrogens (primary N) is 1. The summed E-state index contributed by atoms with van der Waals surface area (Å²) in [6, 6.07) is 8.38. The molecule has 2 aromatic rings. The molecule has 0 unspecified atom stereocenters. The first kappa shape index (κ1) is 13.1. The van der Waals surface area contributed by atoms with Crippen molar-refractivity contribution in [2.45, 2.75) is 25.9 Å². The molecule has 0 radical (unpaired) electrons. The molecule has 2 N–H and O–H groups in total. The number of rotatable bonds is 4. The third kappa shape index (κ3) is 2.92. The van der Waals surface area contributed by atoms with Crippen LogP contribution in [0.3, 0.4) is 0 Å². The zero-order valence-electron chi connectivity index (χ0n) is 10.2. The van der Waals surface area contributed by atoms with Crippen LogP contribution < -0.4 is 5.73 Å². The van der Waals surface area contributed by atoms with Crippen LogP contribution in [0.5, 0.6) is 0 Å². The smallest absolute Gasteiger partial charge is 0.0568 e. The van der Waals surface area contributed by atoms with Gasteiger partial charge in [0.25, 0.3) is 0 Å². The molecule has 0 atom stereocenters. The van der Waals surface area contributed by atoms with Gasteiger partial charge in [0.1, 0.15) is 0 Å². The highest BCUT2D eigenvalue weighted by atomic mass is 35.5. The van der Waals surface area contributed by atoms with E-state index in [1.807, 2.05) is 6.20 Å². The molecule has 1 aromatic carbocycles. The van der Waals surface area contributed by atoms with Crippen LogP contribution in [0.2, 0.25) is 0 Å². The Hall–Kier alpha value is -1.32. The van der Waals surface area contributed by atoms with E-state index in [1.165, 1.54) is 29.5 Å². The van der Waals surface area contributed by atoms with Crippen molar-refractivity contribution in [3.05, 3.63) is 42.2 Å². The lowest BCUT2D eigenvalue weighted by Crippen LogP contribution is -1.99. The molecule has 4 heteroatoms. The van der Waals surface area contributed by atoms with Crippen LogP contribution in [0.25, 0.3) is 11.1 Å². The van der Waals surface area contributed by atoms with E-state index in [0.29, 0.717) is 6.54 Å². The van der Waals surface area contributed by atoms with E-state index >= 15 is 0 Å². The molecule has 1 heterocycles. The molecule has 1 fully saturated rings. The molecule has 1 aliphatic carbocycles. The SMILES string of the molecule is Cl.NCc1ccc(-c2cnn(CC3CC3)c2)cc1. The molecule has 3 nitrogen and oxygen atoms in total. The van der Waals surface area contributed by atoms with Crippen molar-refractivity contribution in [1.82, 2.24) is 9.78 Å². The third-order valence-electron chi connectivity index (χ3n) is 3.30. The van der Waals surface area contributed by atoms with Gasteiger partial charge in [-0.2, -0.15) is 5.10 Å². The minimum atomic E-state index is 0. The Morgan fingerprint density at radius 3 is 2.50 bits per heavy atom. The molecule has 1 saturated carbocycles. The quantitative estimate of drug-likeness (QED) is 0.922. The summed E-state index contributed by atoms with van der Waals surface area (Å²) >= 11 is 0. The molecule has 1 aliphatic rings. The van der Waals surface area contributed by atoms with Crippen LogP contribution in [0.15, 0.2) is 36.7 Å². The van der Waals surface area contributed by atoms with Gasteiger partial charge in [0.15, 0.2) is 0 Å². The predicted molar refractivity (Wildman–Crippen MR) is 75.5 cm³/mol. The van der Waals surface area contributed by atoms with Crippen LogP contribution >= 0.6 is 12.4 Å². The summed E-state index contributed by atoms with van der Waals surface area (Å²) < 4.78 is 2.06. The highest BCUT2D eigenvalue weighted by Gasteiger charge is 2.21. The average Bonchev–Trinajstić information content (AvgIpc) is 3.06. The molecular weight excluding hydrogens is 246 g/mol. The number of halogens is 1. The van der Waals surface area contributed by atoms with Crippen molar-refractivity contribution < 1.29 is 0 Å². The van der Waals surface area contributed by atoms with E-state index in [4.69, 9.17) is 5.73 Å². The summed E-state index contributed by atoms with van der Waals surface area (Å²) in [4.78, 5) is 0. The highest BCUT2D eigenvalue weighted by Crippen LogP contribution is 2.30. The summed E-state index contributed by atoms with van der Waals surface area (Å²) in [7, 11) is 0. The fourth-order valence-corrected chi connectivity index (χ4v) is 2.01. The first-order valence-electron chi connectivity index (χ1n) is 6.17. The predicted octanol–water partition coefficient (Wildman–Crippen LogP) is 2.84. The number of benzene rings is 1. The standard InChI is InChI=1S/C14H17N3.ClH/c15-7-11-3-5-13(6-4-11)14-8-16-17(10-14)9-12-1-2-12;/h3-6,8,10,12H,1-2,7,9,15H2;1H. The fourth-order valence-electron chi connectivity index (χ4n) is 2.01. The molecule has 0 spiro atoms. The Balaban J connectivity index is 0.00000120. The van der Waals surface area contributed by atoms with Crippen molar-refractivity contribution in [2.75, 3.05) is 0 Å². The second-order valence-corrected chi connectivity index (χ2v) is 4.80. The van der Waals surface area contributed by atoms with Crippen LogP contribution in [0.1, 0.15) is 18.4 Å². The van der Waals surface area contributed by atoms with Crippen LogP contribution in [-0.2, 0) is 13.1 Å². The van der Waals surface area contributed by atoms with Gasteiger partial charge in [0.2, 0.25) is 0 Å². The molecule has 0 aliphatic heterocycles. The van der Waals surface area contributed by atoms with Gasteiger partial charge >= 0.3 is 0 Å². The highest BCUT2D eigenvalue weighted by molar-refractivity contribution is 5.85. The topological polar surface area (TPSA) is 43.8 Å². The van der Waals surface area contributed by atoms with Crippen LogP contribution in [0, 0.1) is 5.92 Å². The number of aromatic nitrogens is 2. The van der Waals surface area contributed by atoms with E-state index < -0.39 is 0 Å². The van der Waals surface area contributed by atoms with Gasteiger partial charge in [-0.1, -0.05) is 24.3 Å². The van der Waals surface area contributed by atoms with Gasteiger partial charge in [-0.15, -0.1) is 12.4 Å². The van der Waals surface area contributed by atoms with E-state index in [9.17, 15) is 0 Å². The molecule has 0 amide bonds. The molecular formula is C14H18ClN3. The van der Waals surface area contributed by atoms with Crippen molar-refractivity contribution in [3.63, 3.8) is 0 Å². The van der Waals surface area contributed by atoms with E-state index in [-0.39, 0.29) is 12.4 Å². The molecule has 96 valence electrons. The minimum Gasteiger partial charge on any atom is -0.326 e. The lowest BCUT2D eigenvalue weighted by Gasteiger charge is -2.00. The van der Waals surface area contributed by atoms with Crippen molar-refractivity contribution in [2.24, 2.45) is 11.7 Å². The van der Waals surface area contributed by atoms with Gasteiger partial charge in [0.05, 0.1) is 6.20 Å². The Bertz CT molecular complexity index is 500. The first-order valence-corrected chi connectivity index (χ1v) is 6.17. The van der Waals surface area contributed by atoms with Crippen molar-refractivity contribution in [3.8, 4) is 11.1 Å². The van der Waals surface area contributed by atoms with E-state index in [2.05, 4.69) is 40.2 Å². The second kappa shape index (κ2) is 5.55. The van der Waals surface area contributed by atoms with Gasteiger partial charge < -0.3 is 5.73 Å². The van der Waals surface area contributed by atoms with Gasteiger partial charge in [-0.3, -0.25) is 4.68 Å². The second-order valence-electron chi connectivity index (χ2n) is 4.80. The fraction of sp³-hybridized carbons (Fsp3) is 0.357. The molecule has 18 heavy (non-hydrogen) atoms. The largest absolute Gasteiger partial charge is 0.326 e. The van der Waals surface area contributed by atoms with Crippen molar-refractivity contribution in [1.29, 1.82) is 0 Å². The van der Waals surface area contributed by atoms with Gasteiger partial charge in [0, 0.05) is 24.8 Å². The molecule has 3 rings (SSSR count). The van der Waals surface area contributed by atoms with E-state index in [0.717, 1.165) is 12.5 Å². The Labute approximate surface area is 113 Å². The molecule has 0 saturated heterocycles. The Morgan fingerprint density at radius 1 is 1.17 bits per heavy atom. The number of hydrogen-bond donors (Lipinski definition) is 1. The maximum absolute atomic E-state index is 5.59. The lowest BCUT2D eigenvalue weighted by molar-refractivity contribution is 0.563. The van der Waals surface area contributed by atoms with E-state index in [1.54, 1.807) is 0 Å². The third-order valence-corrected chi connectivity index (χ3v) is 3.30. The van der Waals surface area contributed by atoms with Gasteiger partial charge in [-0.25, -0.2) is 0 Å². The molecule has 1 aromatic heterocycles. The first-order chi connectivity index (χ1) is 8.35. The maximum Gasteiger partial charge on any atom is 0.0568 e. The number of nitrogens with zero attached hydrogens (tertiary/aromatic N) is 2. The normalized spacial score (nSPS) is 14.3. The van der Waals surface area contributed by atoms with Crippen molar-refractivity contribution >= 4 is 12.4 Å².